The van der Waals surface area contributed by atoms with Crippen LogP contribution in [0.5, 0.6) is 0 Å². The normalized spacial score (nSPS) is 28.2. The number of hydrogen-bond acceptors (Lipinski definition) is 3. The fourth-order valence-corrected chi connectivity index (χ4v) is 2.25. The van der Waals surface area contributed by atoms with Crippen molar-refractivity contribution in [3.63, 3.8) is 0 Å². The second-order valence-electron chi connectivity index (χ2n) is 4.40. The van der Waals surface area contributed by atoms with E-state index < -0.39 is 0 Å². The third-order valence-electron chi connectivity index (χ3n) is 3.24. The lowest BCUT2D eigenvalue weighted by atomic mass is 10.2. The summed E-state index contributed by atoms with van der Waals surface area (Å²) in [5.74, 6) is 0. The lowest BCUT2D eigenvalue weighted by Gasteiger charge is -2.33. The topological polar surface area (TPSA) is 18.5 Å². The van der Waals surface area contributed by atoms with Crippen molar-refractivity contribution >= 4 is 24.8 Å². The number of rotatable bonds is 2. The highest BCUT2D eigenvalue weighted by Crippen LogP contribution is 2.08. The monoisotopic (exact) mass is 255 g/mol. The standard InChI is InChI=1S/C10H21N3.2ClH/c1-12-5-7-13(8-6-12)9-10-3-2-4-11-10;;/h10-11H,2-9H2,1H3;2*1H. The minimum absolute atomic E-state index is 0. The predicted octanol–water partition coefficient (Wildman–Crippen LogP) is 0.829. The molecule has 0 spiro atoms. The summed E-state index contributed by atoms with van der Waals surface area (Å²) in [7, 11) is 2.21. The van der Waals surface area contributed by atoms with E-state index in [1.807, 2.05) is 0 Å². The van der Waals surface area contributed by atoms with Crippen LogP contribution in [0.15, 0.2) is 0 Å². The second kappa shape index (κ2) is 7.69. The van der Waals surface area contributed by atoms with Crippen LogP contribution in [0.3, 0.4) is 0 Å². The Labute approximate surface area is 105 Å². The predicted molar refractivity (Wildman–Crippen MR) is 69.5 cm³/mol. The van der Waals surface area contributed by atoms with Crippen LogP contribution in [0.4, 0.5) is 0 Å². The lowest BCUT2D eigenvalue weighted by Crippen LogP contribution is -2.48. The van der Waals surface area contributed by atoms with Crippen molar-refractivity contribution in [2.24, 2.45) is 0 Å². The zero-order valence-corrected chi connectivity index (χ0v) is 11.1. The summed E-state index contributed by atoms with van der Waals surface area (Å²) in [5.41, 5.74) is 0. The average Bonchev–Trinajstić information content (AvgIpc) is 2.62. The number of halogens is 2. The van der Waals surface area contributed by atoms with Crippen molar-refractivity contribution in [3.05, 3.63) is 0 Å². The van der Waals surface area contributed by atoms with Gasteiger partial charge in [-0.1, -0.05) is 0 Å². The molecule has 0 aromatic carbocycles. The molecule has 2 aliphatic rings. The molecule has 0 saturated carbocycles. The molecule has 2 rings (SSSR count). The molecule has 2 saturated heterocycles. The second-order valence-corrected chi connectivity index (χ2v) is 4.40. The Morgan fingerprint density at radius 1 is 1.13 bits per heavy atom. The quantitative estimate of drug-likeness (QED) is 0.789. The van der Waals surface area contributed by atoms with Crippen molar-refractivity contribution in [2.75, 3.05) is 46.3 Å². The van der Waals surface area contributed by atoms with Crippen LogP contribution in [0.2, 0.25) is 0 Å². The number of hydrogen-bond donors (Lipinski definition) is 1. The van der Waals surface area contributed by atoms with Crippen molar-refractivity contribution < 1.29 is 0 Å². The third-order valence-corrected chi connectivity index (χ3v) is 3.24. The average molecular weight is 256 g/mol. The summed E-state index contributed by atoms with van der Waals surface area (Å²) >= 11 is 0. The van der Waals surface area contributed by atoms with Gasteiger partial charge in [0.2, 0.25) is 0 Å². The molecular formula is C10H23Cl2N3. The fourth-order valence-electron chi connectivity index (χ4n) is 2.25. The molecule has 2 heterocycles. The van der Waals surface area contributed by atoms with E-state index in [1.165, 1.54) is 52.1 Å². The fraction of sp³-hybridized carbons (Fsp3) is 1.00. The van der Waals surface area contributed by atoms with Gasteiger partial charge in [-0.3, -0.25) is 4.90 Å². The molecular weight excluding hydrogens is 233 g/mol. The molecule has 15 heavy (non-hydrogen) atoms. The van der Waals surface area contributed by atoms with E-state index in [4.69, 9.17) is 0 Å². The van der Waals surface area contributed by atoms with E-state index in [1.54, 1.807) is 0 Å². The van der Waals surface area contributed by atoms with Crippen molar-refractivity contribution in [2.45, 2.75) is 18.9 Å². The molecule has 2 fully saturated rings. The highest BCUT2D eigenvalue weighted by atomic mass is 35.5. The van der Waals surface area contributed by atoms with Gasteiger partial charge < -0.3 is 10.2 Å². The molecule has 0 radical (unpaired) electrons. The van der Waals surface area contributed by atoms with Crippen LogP contribution < -0.4 is 5.32 Å². The van der Waals surface area contributed by atoms with Crippen LogP contribution in [0.1, 0.15) is 12.8 Å². The van der Waals surface area contributed by atoms with E-state index in [0.29, 0.717) is 0 Å². The van der Waals surface area contributed by atoms with Gasteiger partial charge in [0.1, 0.15) is 0 Å². The summed E-state index contributed by atoms with van der Waals surface area (Å²) in [5, 5.41) is 3.56. The van der Waals surface area contributed by atoms with Gasteiger partial charge in [-0.05, 0) is 26.4 Å². The van der Waals surface area contributed by atoms with E-state index in [-0.39, 0.29) is 24.8 Å². The van der Waals surface area contributed by atoms with Gasteiger partial charge in [-0.25, -0.2) is 0 Å². The minimum Gasteiger partial charge on any atom is -0.313 e. The Balaban J connectivity index is 0.000000980. The molecule has 1 N–H and O–H groups in total. The maximum atomic E-state index is 3.56. The van der Waals surface area contributed by atoms with Crippen molar-refractivity contribution in [3.8, 4) is 0 Å². The van der Waals surface area contributed by atoms with Crippen LogP contribution in [0.25, 0.3) is 0 Å². The zero-order chi connectivity index (χ0) is 9.10. The summed E-state index contributed by atoms with van der Waals surface area (Å²) in [6.45, 7) is 7.51. The smallest absolute Gasteiger partial charge is 0.0195 e. The van der Waals surface area contributed by atoms with E-state index in [9.17, 15) is 0 Å². The summed E-state index contributed by atoms with van der Waals surface area (Å²) < 4.78 is 0. The Morgan fingerprint density at radius 3 is 2.33 bits per heavy atom. The molecule has 0 bridgehead atoms. The Hall–Kier alpha value is 0.460. The molecule has 5 heteroatoms. The van der Waals surface area contributed by atoms with Gasteiger partial charge in [-0.15, -0.1) is 24.8 Å². The Bertz CT molecular complexity index is 155. The van der Waals surface area contributed by atoms with E-state index in [0.717, 1.165) is 6.04 Å². The minimum atomic E-state index is 0. The molecule has 1 atom stereocenters. The van der Waals surface area contributed by atoms with Crippen LogP contribution in [0, 0.1) is 0 Å². The molecule has 0 aliphatic carbocycles. The zero-order valence-electron chi connectivity index (χ0n) is 9.45. The summed E-state index contributed by atoms with van der Waals surface area (Å²) in [4.78, 5) is 5.02. The van der Waals surface area contributed by atoms with Gasteiger partial charge in [0.15, 0.2) is 0 Å². The largest absolute Gasteiger partial charge is 0.313 e. The number of piperazine rings is 1. The van der Waals surface area contributed by atoms with Gasteiger partial charge >= 0.3 is 0 Å². The first-order chi connectivity index (χ1) is 6.34. The lowest BCUT2D eigenvalue weighted by molar-refractivity contribution is 0.145. The first kappa shape index (κ1) is 15.5. The molecule has 0 aromatic heterocycles. The van der Waals surface area contributed by atoms with Crippen LogP contribution in [-0.2, 0) is 0 Å². The highest BCUT2D eigenvalue weighted by Gasteiger charge is 2.20. The summed E-state index contributed by atoms with van der Waals surface area (Å²) in [6, 6.07) is 0.781. The number of nitrogens with zero attached hydrogens (tertiary/aromatic N) is 2. The van der Waals surface area contributed by atoms with E-state index >= 15 is 0 Å². The molecule has 3 nitrogen and oxygen atoms in total. The number of nitrogens with one attached hydrogen (secondary N) is 1. The first-order valence-electron chi connectivity index (χ1n) is 5.49. The van der Waals surface area contributed by atoms with Gasteiger partial charge in [0.25, 0.3) is 0 Å². The molecule has 1 unspecified atom stereocenters. The highest BCUT2D eigenvalue weighted by molar-refractivity contribution is 5.85. The third kappa shape index (κ3) is 4.87. The SMILES string of the molecule is CN1CCN(CC2CCCN2)CC1.Cl.Cl. The molecule has 92 valence electrons. The van der Waals surface area contributed by atoms with Gasteiger partial charge in [-0.2, -0.15) is 0 Å². The molecule has 0 amide bonds. The number of likely N-dealkylation sites (N-methyl/N-ethyl adjacent to an activating group) is 1. The van der Waals surface area contributed by atoms with Crippen LogP contribution in [-0.4, -0.2) is 62.2 Å². The van der Waals surface area contributed by atoms with Gasteiger partial charge in [0, 0.05) is 38.8 Å². The first-order valence-corrected chi connectivity index (χ1v) is 5.49. The maximum Gasteiger partial charge on any atom is 0.0195 e. The summed E-state index contributed by atoms with van der Waals surface area (Å²) in [6.07, 6.45) is 2.75. The maximum absolute atomic E-state index is 3.56. The molecule has 2 aliphatic heterocycles. The molecule has 0 aromatic rings. The van der Waals surface area contributed by atoms with Gasteiger partial charge in [0.05, 0.1) is 0 Å². The van der Waals surface area contributed by atoms with Crippen LogP contribution >= 0.6 is 24.8 Å². The van der Waals surface area contributed by atoms with Crippen molar-refractivity contribution in [1.29, 1.82) is 0 Å². The van der Waals surface area contributed by atoms with Crippen molar-refractivity contribution in [1.82, 2.24) is 15.1 Å². The Morgan fingerprint density at radius 2 is 1.80 bits per heavy atom. The Kier molecular flexibility index (Phi) is 7.92. The van der Waals surface area contributed by atoms with E-state index in [2.05, 4.69) is 22.2 Å².